The molecule has 0 atom stereocenters. The lowest BCUT2D eigenvalue weighted by molar-refractivity contribution is -0.106. The number of benzene rings is 1. The lowest BCUT2D eigenvalue weighted by Crippen LogP contribution is -2.27. The Balaban J connectivity index is 2.25. The van der Waals surface area contributed by atoms with Gasteiger partial charge in [-0.3, -0.25) is 0 Å². The maximum atomic E-state index is 5.38. The SMILES string of the molecule is COC(OC)c1ccccc1C1CCNCC1. The summed E-state index contributed by atoms with van der Waals surface area (Å²) in [5.74, 6) is 0.625. The fourth-order valence-corrected chi connectivity index (χ4v) is 2.58. The van der Waals surface area contributed by atoms with Gasteiger partial charge >= 0.3 is 0 Å². The highest BCUT2D eigenvalue weighted by Gasteiger charge is 2.21. The number of hydrogen-bond donors (Lipinski definition) is 1. The molecule has 0 radical (unpaired) electrons. The van der Waals surface area contributed by atoms with E-state index in [0.717, 1.165) is 13.1 Å². The average Bonchev–Trinajstić information content (AvgIpc) is 2.42. The average molecular weight is 235 g/mol. The summed E-state index contributed by atoms with van der Waals surface area (Å²) in [6.45, 7) is 2.20. The summed E-state index contributed by atoms with van der Waals surface area (Å²) in [5, 5.41) is 3.40. The zero-order chi connectivity index (χ0) is 12.1. The molecule has 0 aliphatic carbocycles. The van der Waals surface area contributed by atoms with Crippen LogP contribution >= 0.6 is 0 Å². The Labute approximate surface area is 103 Å². The largest absolute Gasteiger partial charge is 0.352 e. The molecule has 3 heteroatoms. The van der Waals surface area contributed by atoms with Gasteiger partial charge in [0.2, 0.25) is 0 Å². The molecule has 1 saturated heterocycles. The third kappa shape index (κ3) is 2.86. The second-order valence-corrected chi connectivity index (χ2v) is 4.46. The second-order valence-electron chi connectivity index (χ2n) is 4.46. The molecule has 94 valence electrons. The molecule has 17 heavy (non-hydrogen) atoms. The van der Waals surface area contributed by atoms with Crippen LogP contribution in [0.5, 0.6) is 0 Å². The Morgan fingerprint density at radius 1 is 1.12 bits per heavy atom. The van der Waals surface area contributed by atoms with Crippen molar-refractivity contribution in [3.8, 4) is 0 Å². The normalized spacial score (nSPS) is 17.6. The molecule has 1 aromatic carbocycles. The summed E-state index contributed by atoms with van der Waals surface area (Å²) in [5.41, 5.74) is 2.55. The number of nitrogens with one attached hydrogen (secondary N) is 1. The smallest absolute Gasteiger partial charge is 0.183 e. The molecule has 0 saturated carbocycles. The number of methoxy groups -OCH3 is 2. The van der Waals surface area contributed by atoms with Gasteiger partial charge in [0.25, 0.3) is 0 Å². The van der Waals surface area contributed by atoms with Crippen LogP contribution in [-0.2, 0) is 9.47 Å². The van der Waals surface area contributed by atoms with Gasteiger partial charge in [-0.1, -0.05) is 24.3 Å². The highest BCUT2D eigenvalue weighted by Crippen LogP contribution is 2.32. The van der Waals surface area contributed by atoms with Crippen molar-refractivity contribution in [3.63, 3.8) is 0 Å². The second kappa shape index (κ2) is 6.15. The van der Waals surface area contributed by atoms with E-state index in [1.807, 2.05) is 6.07 Å². The fraction of sp³-hybridized carbons (Fsp3) is 0.571. The number of piperidine rings is 1. The molecule has 1 fully saturated rings. The minimum absolute atomic E-state index is 0.249. The monoisotopic (exact) mass is 235 g/mol. The van der Waals surface area contributed by atoms with Crippen molar-refractivity contribution >= 4 is 0 Å². The van der Waals surface area contributed by atoms with Crippen molar-refractivity contribution in [3.05, 3.63) is 35.4 Å². The van der Waals surface area contributed by atoms with Gasteiger partial charge in [0.15, 0.2) is 6.29 Å². The van der Waals surface area contributed by atoms with Crippen LogP contribution in [0.3, 0.4) is 0 Å². The maximum absolute atomic E-state index is 5.38. The van der Waals surface area contributed by atoms with Crippen LogP contribution in [0.1, 0.15) is 36.2 Å². The lowest BCUT2D eigenvalue weighted by Gasteiger charge is -2.27. The van der Waals surface area contributed by atoms with Gasteiger partial charge in [0.05, 0.1) is 0 Å². The van der Waals surface area contributed by atoms with Gasteiger partial charge in [-0.2, -0.15) is 0 Å². The first-order valence-corrected chi connectivity index (χ1v) is 6.22. The molecule has 1 aliphatic rings. The van der Waals surface area contributed by atoms with Crippen molar-refractivity contribution in [2.45, 2.75) is 25.0 Å². The van der Waals surface area contributed by atoms with Crippen molar-refractivity contribution < 1.29 is 9.47 Å². The summed E-state index contributed by atoms with van der Waals surface area (Å²) >= 11 is 0. The first-order valence-electron chi connectivity index (χ1n) is 6.22. The summed E-state index contributed by atoms with van der Waals surface area (Å²) < 4.78 is 10.8. The molecule has 1 aromatic rings. The molecular weight excluding hydrogens is 214 g/mol. The molecular formula is C14H21NO2. The van der Waals surface area contributed by atoms with Gasteiger partial charge in [-0.25, -0.2) is 0 Å². The van der Waals surface area contributed by atoms with Gasteiger partial charge in [-0.05, 0) is 37.4 Å². The molecule has 0 bridgehead atoms. The van der Waals surface area contributed by atoms with E-state index in [9.17, 15) is 0 Å². The Kier molecular flexibility index (Phi) is 4.54. The van der Waals surface area contributed by atoms with E-state index in [-0.39, 0.29) is 6.29 Å². The molecule has 0 unspecified atom stereocenters. The van der Waals surface area contributed by atoms with E-state index >= 15 is 0 Å². The van der Waals surface area contributed by atoms with E-state index in [0.29, 0.717) is 5.92 Å². The third-order valence-corrected chi connectivity index (χ3v) is 3.46. The fourth-order valence-electron chi connectivity index (χ4n) is 2.58. The highest BCUT2D eigenvalue weighted by molar-refractivity contribution is 5.32. The summed E-state index contributed by atoms with van der Waals surface area (Å²) in [4.78, 5) is 0. The van der Waals surface area contributed by atoms with Crippen LogP contribution < -0.4 is 5.32 Å². The van der Waals surface area contributed by atoms with Crippen LogP contribution in [0, 0.1) is 0 Å². The van der Waals surface area contributed by atoms with E-state index < -0.39 is 0 Å². The van der Waals surface area contributed by atoms with Crippen molar-refractivity contribution in [1.82, 2.24) is 5.32 Å². The molecule has 0 spiro atoms. The standard InChI is InChI=1S/C14H21NO2/c1-16-14(17-2)13-6-4-3-5-12(13)11-7-9-15-10-8-11/h3-6,11,14-15H,7-10H2,1-2H3. The zero-order valence-electron chi connectivity index (χ0n) is 10.6. The Morgan fingerprint density at radius 3 is 2.41 bits per heavy atom. The Hall–Kier alpha value is -0.900. The molecule has 2 rings (SSSR count). The van der Waals surface area contributed by atoms with E-state index in [1.54, 1.807) is 14.2 Å². The number of ether oxygens (including phenoxy) is 2. The molecule has 1 N–H and O–H groups in total. The molecule has 3 nitrogen and oxygen atoms in total. The van der Waals surface area contributed by atoms with Gasteiger partial charge < -0.3 is 14.8 Å². The minimum atomic E-state index is -0.249. The molecule has 0 aromatic heterocycles. The van der Waals surface area contributed by atoms with E-state index in [2.05, 4.69) is 23.5 Å². The Bertz CT molecular complexity index is 344. The van der Waals surface area contributed by atoms with Crippen LogP contribution in [0.15, 0.2) is 24.3 Å². The first-order chi connectivity index (χ1) is 8.36. The number of hydrogen-bond acceptors (Lipinski definition) is 3. The van der Waals surface area contributed by atoms with Gasteiger partial charge in [0.1, 0.15) is 0 Å². The van der Waals surface area contributed by atoms with Crippen LogP contribution in [0.25, 0.3) is 0 Å². The predicted molar refractivity (Wildman–Crippen MR) is 68.0 cm³/mol. The third-order valence-electron chi connectivity index (χ3n) is 3.46. The van der Waals surface area contributed by atoms with Crippen LogP contribution in [0.4, 0.5) is 0 Å². The summed E-state index contributed by atoms with van der Waals surface area (Å²) in [6.07, 6.45) is 2.13. The highest BCUT2D eigenvalue weighted by atomic mass is 16.7. The topological polar surface area (TPSA) is 30.5 Å². The first kappa shape index (κ1) is 12.6. The van der Waals surface area contributed by atoms with Gasteiger partial charge in [-0.15, -0.1) is 0 Å². The minimum Gasteiger partial charge on any atom is -0.352 e. The number of rotatable bonds is 4. The Morgan fingerprint density at radius 2 is 1.76 bits per heavy atom. The molecule has 0 amide bonds. The van der Waals surface area contributed by atoms with Crippen molar-refractivity contribution in [1.29, 1.82) is 0 Å². The van der Waals surface area contributed by atoms with Crippen LogP contribution in [0.2, 0.25) is 0 Å². The quantitative estimate of drug-likeness (QED) is 0.813. The zero-order valence-corrected chi connectivity index (χ0v) is 10.6. The molecule has 1 aliphatic heterocycles. The predicted octanol–water partition coefficient (Wildman–Crippen LogP) is 2.45. The van der Waals surface area contributed by atoms with Gasteiger partial charge in [0, 0.05) is 19.8 Å². The van der Waals surface area contributed by atoms with Crippen LogP contribution in [-0.4, -0.2) is 27.3 Å². The summed E-state index contributed by atoms with van der Waals surface area (Å²) in [7, 11) is 3.38. The van der Waals surface area contributed by atoms with E-state index in [4.69, 9.17) is 9.47 Å². The van der Waals surface area contributed by atoms with E-state index in [1.165, 1.54) is 24.0 Å². The maximum Gasteiger partial charge on any atom is 0.183 e. The molecule has 1 heterocycles. The summed E-state index contributed by atoms with van der Waals surface area (Å²) in [6, 6.07) is 8.46. The van der Waals surface area contributed by atoms with Crippen molar-refractivity contribution in [2.24, 2.45) is 0 Å². The lowest BCUT2D eigenvalue weighted by atomic mass is 9.87. The van der Waals surface area contributed by atoms with Crippen molar-refractivity contribution in [2.75, 3.05) is 27.3 Å².